The molecule has 0 aromatic heterocycles. The van der Waals surface area contributed by atoms with E-state index in [4.69, 9.17) is 11.6 Å². The maximum Gasteiger partial charge on any atom is 0.272 e. The number of para-hydroxylation sites is 1. The summed E-state index contributed by atoms with van der Waals surface area (Å²) in [5, 5.41) is 14.0. The molecule has 2 aromatic carbocycles. The van der Waals surface area contributed by atoms with Gasteiger partial charge in [0, 0.05) is 5.56 Å². The summed E-state index contributed by atoms with van der Waals surface area (Å²) in [5.41, 5.74) is 3.99. The summed E-state index contributed by atoms with van der Waals surface area (Å²) in [4.78, 5) is 11.8. The summed E-state index contributed by atoms with van der Waals surface area (Å²) in [7, 11) is 0. The summed E-state index contributed by atoms with van der Waals surface area (Å²) < 4.78 is 0. The predicted octanol–water partition coefficient (Wildman–Crippen LogP) is 3.12. The van der Waals surface area contributed by atoms with Gasteiger partial charge in [-0.1, -0.05) is 35.9 Å². The number of phenolic OH excluding ortho intramolecular Hbond substituents is 1. The van der Waals surface area contributed by atoms with Gasteiger partial charge in [-0.2, -0.15) is 5.10 Å². The van der Waals surface area contributed by atoms with E-state index in [-0.39, 0.29) is 5.75 Å². The molecule has 1 amide bonds. The molecule has 2 aromatic rings. The van der Waals surface area contributed by atoms with Gasteiger partial charge < -0.3 is 5.11 Å². The molecule has 0 saturated carbocycles. The van der Waals surface area contributed by atoms with Crippen LogP contribution in [0.1, 0.15) is 21.5 Å². The number of halogens is 1. The van der Waals surface area contributed by atoms with Crippen molar-refractivity contribution in [3.8, 4) is 5.75 Å². The molecule has 0 unspecified atom stereocenters. The van der Waals surface area contributed by atoms with Crippen LogP contribution in [0.15, 0.2) is 47.6 Å². The van der Waals surface area contributed by atoms with E-state index in [0.29, 0.717) is 16.1 Å². The molecule has 0 atom stereocenters. The van der Waals surface area contributed by atoms with E-state index >= 15 is 0 Å². The zero-order valence-electron chi connectivity index (χ0n) is 10.8. The van der Waals surface area contributed by atoms with Gasteiger partial charge in [0.05, 0.1) is 16.8 Å². The minimum Gasteiger partial charge on any atom is -0.507 e. The fraction of sp³-hybridized carbons (Fsp3) is 0.0667. The first-order valence-electron chi connectivity index (χ1n) is 5.96. The molecule has 2 rings (SSSR count). The number of aryl methyl sites for hydroxylation is 1. The average molecular weight is 289 g/mol. The van der Waals surface area contributed by atoms with Crippen LogP contribution >= 0.6 is 11.6 Å². The van der Waals surface area contributed by atoms with Crippen LogP contribution in [0.2, 0.25) is 5.02 Å². The predicted molar refractivity (Wildman–Crippen MR) is 79.4 cm³/mol. The van der Waals surface area contributed by atoms with E-state index < -0.39 is 5.91 Å². The van der Waals surface area contributed by atoms with E-state index in [0.717, 1.165) is 5.56 Å². The third-order valence-electron chi connectivity index (χ3n) is 2.76. The van der Waals surface area contributed by atoms with Gasteiger partial charge in [-0.05, 0) is 30.7 Å². The van der Waals surface area contributed by atoms with Crippen molar-refractivity contribution in [3.63, 3.8) is 0 Å². The Hall–Kier alpha value is -2.33. The normalized spacial score (nSPS) is 10.7. The SMILES string of the molecule is Cc1cccc(C=NNC(=O)c2ccccc2Cl)c1O. The number of hydrazone groups is 1. The van der Waals surface area contributed by atoms with Crippen molar-refractivity contribution >= 4 is 23.7 Å². The topological polar surface area (TPSA) is 61.7 Å². The van der Waals surface area contributed by atoms with Gasteiger partial charge in [-0.15, -0.1) is 0 Å². The molecule has 5 heteroatoms. The lowest BCUT2D eigenvalue weighted by molar-refractivity contribution is 0.0955. The molecule has 0 bridgehead atoms. The molecule has 0 heterocycles. The molecule has 0 spiro atoms. The Balaban J connectivity index is 2.09. The Bertz CT molecular complexity index is 669. The molecule has 20 heavy (non-hydrogen) atoms. The monoisotopic (exact) mass is 288 g/mol. The first kappa shape index (κ1) is 14.1. The Morgan fingerprint density at radius 2 is 2.00 bits per heavy atom. The maximum absolute atomic E-state index is 11.8. The second-order valence-corrected chi connectivity index (χ2v) is 4.60. The minimum atomic E-state index is -0.404. The molecule has 0 aliphatic rings. The highest BCUT2D eigenvalue weighted by Gasteiger charge is 2.08. The van der Waals surface area contributed by atoms with Gasteiger partial charge in [-0.25, -0.2) is 5.43 Å². The summed E-state index contributed by atoms with van der Waals surface area (Å²) >= 11 is 5.91. The Morgan fingerprint density at radius 3 is 2.75 bits per heavy atom. The van der Waals surface area contributed by atoms with Crippen molar-refractivity contribution in [3.05, 3.63) is 64.2 Å². The highest BCUT2D eigenvalue weighted by Crippen LogP contribution is 2.19. The summed E-state index contributed by atoms with van der Waals surface area (Å²) in [5.74, 6) is -0.262. The van der Waals surface area contributed by atoms with Crippen molar-refractivity contribution in [2.75, 3.05) is 0 Å². The number of aromatic hydroxyl groups is 1. The highest BCUT2D eigenvalue weighted by molar-refractivity contribution is 6.33. The smallest absolute Gasteiger partial charge is 0.272 e. The molecule has 0 radical (unpaired) electrons. The number of nitrogens with one attached hydrogen (secondary N) is 1. The molecular weight excluding hydrogens is 276 g/mol. The van der Waals surface area contributed by atoms with Crippen LogP contribution in [0.4, 0.5) is 0 Å². The van der Waals surface area contributed by atoms with Crippen LogP contribution in [0, 0.1) is 6.92 Å². The first-order chi connectivity index (χ1) is 9.59. The van der Waals surface area contributed by atoms with Gasteiger partial charge >= 0.3 is 0 Å². The van der Waals surface area contributed by atoms with Crippen molar-refractivity contribution in [1.29, 1.82) is 0 Å². The van der Waals surface area contributed by atoms with Crippen LogP contribution in [0.5, 0.6) is 5.75 Å². The van der Waals surface area contributed by atoms with Crippen LogP contribution < -0.4 is 5.43 Å². The highest BCUT2D eigenvalue weighted by atomic mass is 35.5. The number of benzene rings is 2. The van der Waals surface area contributed by atoms with E-state index in [9.17, 15) is 9.90 Å². The molecule has 102 valence electrons. The lowest BCUT2D eigenvalue weighted by Gasteiger charge is -2.03. The van der Waals surface area contributed by atoms with Gasteiger partial charge in [0.25, 0.3) is 5.91 Å². The third-order valence-corrected chi connectivity index (χ3v) is 3.09. The number of nitrogens with zero attached hydrogens (tertiary/aromatic N) is 1. The standard InChI is InChI=1S/C15H13ClN2O2/c1-10-5-4-6-11(14(10)19)9-17-18-15(20)12-7-2-3-8-13(12)16/h2-9,19H,1H3,(H,18,20). The first-order valence-corrected chi connectivity index (χ1v) is 6.34. The van der Waals surface area contributed by atoms with E-state index in [1.165, 1.54) is 6.21 Å². The number of phenols is 1. The van der Waals surface area contributed by atoms with Crippen LogP contribution in [-0.2, 0) is 0 Å². The molecule has 0 aliphatic heterocycles. The Morgan fingerprint density at radius 1 is 1.25 bits per heavy atom. The summed E-state index contributed by atoms with van der Waals surface area (Å²) in [6.07, 6.45) is 1.39. The fourth-order valence-electron chi connectivity index (χ4n) is 1.65. The molecule has 0 aliphatic carbocycles. The number of hydrogen-bond donors (Lipinski definition) is 2. The number of amides is 1. The van der Waals surface area contributed by atoms with E-state index in [1.54, 1.807) is 49.4 Å². The van der Waals surface area contributed by atoms with Gasteiger partial charge in [0.1, 0.15) is 5.75 Å². The largest absolute Gasteiger partial charge is 0.507 e. The lowest BCUT2D eigenvalue weighted by atomic mass is 10.1. The fourth-order valence-corrected chi connectivity index (χ4v) is 1.87. The second-order valence-electron chi connectivity index (χ2n) is 4.19. The number of hydrogen-bond acceptors (Lipinski definition) is 3. The Kier molecular flexibility index (Phi) is 4.38. The molecule has 0 saturated heterocycles. The molecular formula is C15H13ClN2O2. The Labute approximate surface area is 121 Å². The lowest BCUT2D eigenvalue weighted by Crippen LogP contribution is -2.17. The van der Waals surface area contributed by atoms with E-state index in [2.05, 4.69) is 10.5 Å². The zero-order valence-corrected chi connectivity index (χ0v) is 11.6. The van der Waals surface area contributed by atoms with Crippen molar-refractivity contribution in [2.45, 2.75) is 6.92 Å². The summed E-state index contributed by atoms with van der Waals surface area (Å²) in [6, 6.07) is 12.0. The van der Waals surface area contributed by atoms with Crippen molar-refractivity contribution in [1.82, 2.24) is 5.43 Å². The molecule has 0 fully saturated rings. The molecule has 4 nitrogen and oxygen atoms in total. The van der Waals surface area contributed by atoms with Crippen LogP contribution in [0.25, 0.3) is 0 Å². The van der Waals surface area contributed by atoms with Gasteiger partial charge in [-0.3, -0.25) is 4.79 Å². The van der Waals surface area contributed by atoms with Crippen molar-refractivity contribution < 1.29 is 9.90 Å². The van der Waals surface area contributed by atoms with Gasteiger partial charge in [0.15, 0.2) is 0 Å². The van der Waals surface area contributed by atoms with E-state index in [1.807, 2.05) is 0 Å². The number of rotatable bonds is 3. The maximum atomic E-state index is 11.8. The second kappa shape index (κ2) is 6.21. The quantitative estimate of drug-likeness (QED) is 0.673. The van der Waals surface area contributed by atoms with Crippen molar-refractivity contribution in [2.24, 2.45) is 5.10 Å². The van der Waals surface area contributed by atoms with Crippen LogP contribution in [-0.4, -0.2) is 17.2 Å². The van der Waals surface area contributed by atoms with Crippen LogP contribution in [0.3, 0.4) is 0 Å². The van der Waals surface area contributed by atoms with Gasteiger partial charge in [0.2, 0.25) is 0 Å². The third kappa shape index (κ3) is 3.16. The average Bonchev–Trinajstić information content (AvgIpc) is 2.44. The summed E-state index contributed by atoms with van der Waals surface area (Å²) in [6.45, 7) is 1.79. The minimum absolute atomic E-state index is 0.142. The number of carbonyl (C=O) groups excluding carboxylic acids is 1. The zero-order chi connectivity index (χ0) is 14.5. The molecule has 2 N–H and O–H groups in total. The number of carbonyl (C=O) groups is 1.